The van der Waals surface area contributed by atoms with Gasteiger partial charge in [0.05, 0.1) is 11.7 Å². The largest absolute Gasteiger partial charge is 0.457 e. The molecular formula is C30H23FN4OS. The van der Waals surface area contributed by atoms with E-state index in [-0.39, 0.29) is 17.9 Å². The summed E-state index contributed by atoms with van der Waals surface area (Å²) in [5.41, 5.74) is 3.67. The molecule has 3 aromatic carbocycles. The fourth-order valence-electron chi connectivity index (χ4n) is 4.70. The number of hydrogen-bond donors (Lipinski definition) is 1. The van der Waals surface area contributed by atoms with Gasteiger partial charge in [-0.3, -0.25) is 4.98 Å². The summed E-state index contributed by atoms with van der Waals surface area (Å²) in [5, 5.41) is 4.09. The van der Waals surface area contributed by atoms with E-state index in [9.17, 15) is 4.39 Å². The maximum atomic E-state index is 13.7. The monoisotopic (exact) mass is 506 g/mol. The molecule has 1 aliphatic heterocycles. The highest BCUT2D eigenvalue weighted by molar-refractivity contribution is 7.80. The van der Waals surface area contributed by atoms with Gasteiger partial charge < -0.3 is 19.5 Å². The van der Waals surface area contributed by atoms with Crippen LogP contribution in [0.3, 0.4) is 0 Å². The van der Waals surface area contributed by atoms with Crippen LogP contribution in [0.4, 0.5) is 10.1 Å². The van der Waals surface area contributed by atoms with Crippen molar-refractivity contribution >= 4 is 23.0 Å². The molecule has 2 aromatic heterocycles. The lowest BCUT2D eigenvalue weighted by atomic mass is 10.0. The lowest BCUT2D eigenvalue weighted by Gasteiger charge is -2.29. The molecule has 2 atom stereocenters. The molecule has 1 fully saturated rings. The zero-order chi connectivity index (χ0) is 25.2. The number of para-hydroxylation sites is 1. The Hall–Kier alpha value is -4.49. The van der Waals surface area contributed by atoms with E-state index in [4.69, 9.17) is 17.0 Å². The third kappa shape index (κ3) is 4.57. The summed E-state index contributed by atoms with van der Waals surface area (Å²) in [7, 11) is 0. The number of ether oxygens (including phenoxy) is 1. The number of nitrogens with zero attached hydrogens (tertiary/aromatic N) is 3. The van der Waals surface area contributed by atoms with E-state index < -0.39 is 0 Å². The molecule has 6 rings (SSSR count). The lowest BCUT2D eigenvalue weighted by molar-refractivity contribution is 0.482. The Balaban J connectivity index is 1.40. The summed E-state index contributed by atoms with van der Waals surface area (Å²) in [6, 6.07) is 33.6. The fraction of sp³-hybridized carbons (Fsp3) is 0.0667. The maximum Gasteiger partial charge on any atom is 0.174 e. The van der Waals surface area contributed by atoms with Crippen LogP contribution in [0.25, 0.3) is 5.69 Å². The molecule has 1 aliphatic rings. The summed E-state index contributed by atoms with van der Waals surface area (Å²) >= 11 is 5.86. The second-order valence-electron chi connectivity index (χ2n) is 8.69. The van der Waals surface area contributed by atoms with Crippen molar-refractivity contribution in [2.24, 2.45) is 0 Å². The van der Waals surface area contributed by atoms with Crippen molar-refractivity contribution in [3.8, 4) is 17.2 Å². The smallest absolute Gasteiger partial charge is 0.174 e. The predicted octanol–water partition coefficient (Wildman–Crippen LogP) is 6.98. The summed E-state index contributed by atoms with van der Waals surface area (Å²) in [4.78, 5) is 6.74. The number of aromatic nitrogens is 2. The highest BCUT2D eigenvalue weighted by atomic mass is 32.1. The van der Waals surface area contributed by atoms with Gasteiger partial charge in [0.15, 0.2) is 5.11 Å². The van der Waals surface area contributed by atoms with Crippen molar-refractivity contribution in [3.63, 3.8) is 0 Å². The predicted molar refractivity (Wildman–Crippen MR) is 147 cm³/mol. The first-order chi connectivity index (χ1) is 18.2. The Kier molecular flexibility index (Phi) is 6.12. The number of halogens is 1. The second kappa shape index (κ2) is 9.87. The van der Waals surface area contributed by atoms with Crippen LogP contribution >= 0.6 is 12.2 Å². The van der Waals surface area contributed by atoms with Crippen LogP contribution in [0.15, 0.2) is 122 Å². The minimum atomic E-state index is -0.271. The van der Waals surface area contributed by atoms with E-state index in [1.807, 2.05) is 85.1 Å². The number of rotatable bonds is 6. The summed E-state index contributed by atoms with van der Waals surface area (Å²) < 4.78 is 21.7. The van der Waals surface area contributed by atoms with Crippen molar-refractivity contribution < 1.29 is 9.13 Å². The molecule has 5 nitrogen and oxygen atoms in total. The van der Waals surface area contributed by atoms with Gasteiger partial charge in [0.1, 0.15) is 23.4 Å². The number of benzene rings is 3. The van der Waals surface area contributed by atoms with E-state index in [0.717, 1.165) is 34.3 Å². The molecule has 37 heavy (non-hydrogen) atoms. The number of anilines is 1. The van der Waals surface area contributed by atoms with Crippen LogP contribution in [0.1, 0.15) is 23.5 Å². The number of thiocarbonyl (C=S) groups is 1. The first-order valence-corrected chi connectivity index (χ1v) is 12.3. The number of pyridine rings is 1. The van der Waals surface area contributed by atoms with Gasteiger partial charge in [-0.25, -0.2) is 4.39 Å². The minimum Gasteiger partial charge on any atom is -0.457 e. The first-order valence-electron chi connectivity index (χ1n) is 11.9. The summed E-state index contributed by atoms with van der Waals surface area (Å²) in [6.07, 6.45) is 3.77. The molecule has 0 spiro atoms. The third-order valence-corrected chi connectivity index (χ3v) is 6.69. The molecule has 0 aliphatic carbocycles. The first kappa shape index (κ1) is 22.9. The maximum absolute atomic E-state index is 13.7. The van der Waals surface area contributed by atoms with Crippen LogP contribution < -0.4 is 15.0 Å². The van der Waals surface area contributed by atoms with E-state index in [1.54, 1.807) is 18.3 Å². The van der Waals surface area contributed by atoms with Crippen molar-refractivity contribution in [3.05, 3.63) is 139 Å². The standard InChI is InChI=1S/C30H23FN4OS/c31-21-11-13-22(14-12-21)34-20-6-10-27(34)29-28(26-9-4-5-19-32-26)33-30(37)35(29)23-15-17-25(18-16-23)36-24-7-2-1-3-8-24/h1-20,28-29H,(H,33,37)/t28-,29-/m1/s1. The van der Waals surface area contributed by atoms with Gasteiger partial charge in [-0.2, -0.15) is 0 Å². The van der Waals surface area contributed by atoms with Crippen molar-refractivity contribution in [1.82, 2.24) is 14.9 Å². The van der Waals surface area contributed by atoms with Crippen LogP contribution in [0, 0.1) is 5.82 Å². The molecular weight excluding hydrogens is 483 g/mol. The molecule has 1 saturated heterocycles. The minimum absolute atomic E-state index is 0.192. The van der Waals surface area contributed by atoms with Crippen LogP contribution in [-0.2, 0) is 0 Å². The van der Waals surface area contributed by atoms with Gasteiger partial charge >= 0.3 is 0 Å². The third-order valence-electron chi connectivity index (χ3n) is 6.38. The lowest BCUT2D eigenvalue weighted by Crippen LogP contribution is -2.30. The molecule has 1 N–H and O–H groups in total. The normalized spacial score (nSPS) is 17.0. The SMILES string of the molecule is Fc1ccc(-n2cccc2[C@@H]2[C@@H](c3ccccn3)NC(=S)N2c2ccc(Oc3ccccc3)cc2)cc1. The van der Waals surface area contributed by atoms with E-state index in [0.29, 0.717) is 5.11 Å². The Morgan fingerprint density at radius 3 is 2.19 bits per heavy atom. The van der Waals surface area contributed by atoms with Gasteiger partial charge in [-0.15, -0.1) is 0 Å². The zero-order valence-corrected chi connectivity index (χ0v) is 20.6. The Labute approximate surface area is 219 Å². The molecule has 5 aromatic rings. The average Bonchev–Trinajstić information content (AvgIpc) is 3.55. The Morgan fingerprint density at radius 1 is 0.757 bits per heavy atom. The van der Waals surface area contributed by atoms with Crippen molar-refractivity contribution in [1.29, 1.82) is 0 Å². The topological polar surface area (TPSA) is 42.3 Å². The Morgan fingerprint density at radius 2 is 1.46 bits per heavy atom. The molecule has 0 bridgehead atoms. The highest BCUT2D eigenvalue weighted by Gasteiger charge is 2.42. The molecule has 0 unspecified atom stereocenters. The van der Waals surface area contributed by atoms with Gasteiger partial charge in [-0.1, -0.05) is 24.3 Å². The van der Waals surface area contributed by atoms with Crippen LogP contribution in [0.5, 0.6) is 11.5 Å². The molecule has 3 heterocycles. The quantitative estimate of drug-likeness (QED) is 0.252. The van der Waals surface area contributed by atoms with Gasteiger partial charge in [0.2, 0.25) is 0 Å². The zero-order valence-electron chi connectivity index (χ0n) is 19.7. The molecule has 7 heteroatoms. The van der Waals surface area contributed by atoms with Crippen molar-refractivity contribution in [2.45, 2.75) is 12.1 Å². The van der Waals surface area contributed by atoms with Gasteiger partial charge in [0.25, 0.3) is 0 Å². The number of hydrogen-bond acceptors (Lipinski definition) is 3. The van der Waals surface area contributed by atoms with Crippen molar-refractivity contribution in [2.75, 3.05) is 4.90 Å². The van der Waals surface area contributed by atoms with E-state index >= 15 is 0 Å². The van der Waals surface area contributed by atoms with E-state index in [2.05, 4.69) is 25.8 Å². The summed E-state index contributed by atoms with van der Waals surface area (Å²) in [6.45, 7) is 0. The van der Waals surface area contributed by atoms with Gasteiger partial charge in [0, 0.05) is 29.5 Å². The summed E-state index contributed by atoms with van der Waals surface area (Å²) in [5.74, 6) is 1.24. The van der Waals surface area contributed by atoms with E-state index in [1.165, 1.54) is 12.1 Å². The Bertz CT molecular complexity index is 1510. The number of nitrogens with one attached hydrogen (secondary N) is 1. The van der Waals surface area contributed by atoms with Gasteiger partial charge in [-0.05, 0) is 97.1 Å². The highest BCUT2D eigenvalue weighted by Crippen LogP contribution is 2.42. The fourth-order valence-corrected chi connectivity index (χ4v) is 5.05. The second-order valence-corrected chi connectivity index (χ2v) is 9.07. The van der Waals surface area contributed by atoms with Crippen LogP contribution in [-0.4, -0.2) is 14.7 Å². The molecule has 182 valence electrons. The average molecular weight is 507 g/mol. The molecule has 0 radical (unpaired) electrons. The van der Waals surface area contributed by atoms with Crippen LogP contribution in [0.2, 0.25) is 0 Å². The molecule has 0 amide bonds. The molecule has 0 saturated carbocycles.